The molecule has 0 amide bonds. The molecule has 0 saturated carbocycles. The lowest BCUT2D eigenvalue weighted by Gasteiger charge is -2.26. The summed E-state index contributed by atoms with van der Waals surface area (Å²) >= 11 is 6.68. The molecule has 0 saturated heterocycles. The van der Waals surface area contributed by atoms with Crippen molar-refractivity contribution in [3.63, 3.8) is 0 Å². The molecule has 2 aromatic heterocycles. The molecule has 6 nitrogen and oxygen atoms in total. The fraction of sp³-hybridized carbons (Fsp3) is 0.278. The number of rotatable bonds is 4. The molecule has 0 aliphatic carbocycles. The van der Waals surface area contributed by atoms with E-state index in [1.807, 2.05) is 24.3 Å². The zero-order chi connectivity index (χ0) is 18.1. The Morgan fingerprint density at radius 2 is 2.12 bits per heavy atom. The van der Waals surface area contributed by atoms with Gasteiger partial charge in [-0.05, 0) is 36.5 Å². The van der Waals surface area contributed by atoms with Crippen molar-refractivity contribution in [3.05, 3.63) is 61.0 Å². The number of ether oxygens (including phenoxy) is 1. The van der Waals surface area contributed by atoms with Gasteiger partial charge in [0.05, 0.1) is 24.9 Å². The van der Waals surface area contributed by atoms with Crippen LogP contribution in [0.2, 0.25) is 0 Å². The third-order valence-corrected chi connectivity index (χ3v) is 5.52. The van der Waals surface area contributed by atoms with Crippen molar-refractivity contribution in [1.82, 2.24) is 19.9 Å². The minimum Gasteiger partial charge on any atom is -0.497 e. The van der Waals surface area contributed by atoms with Crippen LogP contribution >= 0.6 is 23.6 Å². The minimum absolute atomic E-state index is 0.0912. The number of benzene rings is 1. The van der Waals surface area contributed by atoms with Crippen molar-refractivity contribution in [2.24, 2.45) is 0 Å². The van der Waals surface area contributed by atoms with E-state index in [4.69, 9.17) is 21.9 Å². The molecule has 1 aliphatic rings. The predicted octanol–water partition coefficient (Wildman–Crippen LogP) is 3.12. The third-order valence-electron chi connectivity index (χ3n) is 4.49. The lowest BCUT2D eigenvalue weighted by Crippen LogP contribution is -2.35. The van der Waals surface area contributed by atoms with Crippen molar-refractivity contribution >= 4 is 23.6 Å². The van der Waals surface area contributed by atoms with Crippen molar-refractivity contribution in [2.45, 2.75) is 19.5 Å². The van der Waals surface area contributed by atoms with Crippen LogP contribution < -0.4 is 10.3 Å². The van der Waals surface area contributed by atoms with Gasteiger partial charge in [-0.2, -0.15) is 0 Å². The van der Waals surface area contributed by atoms with E-state index >= 15 is 0 Å². The Morgan fingerprint density at radius 3 is 2.88 bits per heavy atom. The van der Waals surface area contributed by atoms with E-state index in [2.05, 4.69) is 20.2 Å². The maximum absolute atomic E-state index is 12.1. The topological polar surface area (TPSA) is 74.0 Å². The smallest absolute Gasteiger partial charge is 0.256 e. The second-order valence-corrected chi connectivity index (χ2v) is 7.53. The number of nitrogens with zero attached hydrogens (tertiary/aromatic N) is 2. The number of aromatic nitrogens is 3. The average molecular weight is 387 g/mol. The summed E-state index contributed by atoms with van der Waals surface area (Å²) in [5.41, 5.74) is 3.67. The van der Waals surface area contributed by atoms with Gasteiger partial charge in [0.15, 0.2) is 4.77 Å². The predicted molar refractivity (Wildman–Crippen MR) is 104 cm³/mol. The zero-order valence-electron chi connectivity index (χ0n) is 14.2. The summed E-state index contributed by atoms with van der Waals surface area (Å²) in [5, 5.41) is 3.11. The SMILES string of the molecule is COc1ccc(-c2csc(CN3CCc4[nH]c(=S)[nH]c(=O)c4C3)n2)cc1. The number of thiazole rings is 1. The first-order chi connectivity index (χ1) is 12.6. The van der Waals surface area contributed by atoms with Crippen LogP contribution in [0.15, 0.2) is 34.4 Å². The second kappa shape index (κ2) is 7.14. The monoisotopic (exact) mass is 386 g/mol. The van der Waals surface area contributed by atoms with E-state index < -0.39 is 0 Å². The maximum atomic E-state index is 12.1. The number of H-pyrrole nitrogens is 2. The highest BCUT2D eigenvalue weighted by Gasteiger charge is 2.20. The number of hydrogen-bond donors (Lipinski definition) is 2. The standard InChI is InChI=1S/C18H18N4O2S2/c1-24-12-4-2-11(3-5-12)15-10-26-16(19-15)9-22-7-6-14-13(8-22)17(23)21-18(25)20-14/h2-5,10H,6-9H2,1H3,(H2,20,21,23,25). The average Bonchev–Trinajstić information content (AvgIpc) is 3.11. The molecule has 4 rings (SSSR count). The van der Waals surface area contributed by atoms with Crippen LogP contribution in [0.5, 0.6) is 5.75 Å². The second-order valence-electron chi connectivity index (χ2n) is 6.18. The van der Waals surface area contributed by atoms with Gasteiger partial charge < -0.3 is 9.72 Å². The van der Waals surface area contributed by atoms with Gasteiger partial charge in [-0.25, -0.2) is 4.98 Å². The molecular formula is C18H18N4O2S2. The molecule has 0 fully saturated rings. The molecule has 2 N–H and O–H groups in total. The quantitative estimate of drug-likeness (QED) is 0.674. The Morgan fingerprint density at radius 1 is 1.31 bits per heavy atom. The summed E-state index contributed by atoms with van der Waals surface area (Å²) in [7, 11) is 1.66. The summed E-state index contributed by atoms with van der Waals surface area (Å²) in [6.45, 7) is 2.21. The summed E-state index contributed by atoms with van der Waals surface area (Å²) in [4.78, 5) is 24.9. The number of fused-ring (bicyclic) bond motifs is 1. The highest BCUT2D eigenvalue weighted by Crippen LogP contribution is 2.25. The van der Waals surface area contributed by atoms with Crippen LogP contribution in [0, 0.1) is 4.77 Å². The van der Waals surface area contributed by atoms with E-state index in [-0.39, 0.29) is 5.56 Å². The molecule has 0 spiro atoms. The van der Waals surface area contributed by atoms with Gasteiger partial charge in [-0.3, -0.25) is 14.7 Å². The lowest BCUT2D eigenvalue weighted by molar-refractivity contribution is 0.241. The van der Waals surface area contributed by atoms with E-state index in [9.17, 15) is 4.79 Å². The molecule has 3 aromatic rings. The van der Waals surface area contributed by atoms with E-state index in [1.54, 1.807) is 18.4 Å². The first-order valence-corrected chi connectivity index (χ1v) is 9.56. The number of nitrogens with one attached hydrogen (secondary N) is 2. The number of hydrogen-bond acceptors (Lipinski definition) is 6. The molecule has 1 aliphatic heterocycles. The minimum atomic E-state index is -0.0912. The Bertz CT molecular complexity index is 1040. The lowest BCUT2D eigenvalue weighted by atomic mass is 10.1. The molecular weight excluding hydrogens is 368 g/mol. The van der Waals surface area contributed by atoms with E-state index in [1.165, 1.54) is 0 Å². The van der Waals surface area contributed by atoms with Gasteiger partial charge in [-0.15, -0.1) is 11.3 Å². The van der Waals surface area contributed by atoms with Crippen molar-refractivity contribution in [1.29, 1.82) is 0 Å². The summed E-state index contributed by atoms with van der Waals surface area (Å²) in [5.74, 6) is 0.834. The molecule has 0 bridgehead atoms. The Hall–Kier alpha value is -2.29. The first kappa shape index (κ1) is 17.1. The molecule has 26 heavy (non-hydrogen) atoms. The highest BCUT2D eigenvalue weighted by atomic mass is 32.1. The van der Waals surface area contributed by atoms with E-state index in [0.717, 1.165) is 52.8 Å². The molecule has 3 heterocycles. The van der Waals surface area contributed by atoms with Crippen LogP contribution in [0.1, 0.15) is 16.3 Å². The molecule has 0 atom stereocenters. The summed E-state index contributed by atoms with van der Waals surface area (Å²) < 4.78 is 5.59. The number of aromatic amines is 2. The Kier molecular flexibility index (Phi) is 4.71. The van der Waals surface area contributed by atoms with Crippen molar-refractivity contribution < 1.29 is 4.74 Å². The van der Waals surface area contributed by atoms with Gasteiger partial charge >= 0.3 is 0 Å². The highest BCUT2D eigenvalue weighted by molar-refractivity contribution is 7.71. The molecule has 8 heteroatoms. The van der Waals surface area contributed by atoms with Crippen LogP contribution in [-0.4, -0.2) is 33.5 Å². The summed E-state index contributed by atoms with van der Waals surface area (Å²) in [6.07, 6.45) is 0.791. The van der Waals surface area contributed by atoms with Crippen molar-refractivity contribution in [2.75, 3.05) is 13.7 Å². The van der Waals surface area contributed by atoms with Gasteiger partial charge in [0.2, 0.25) is 0 Å². The van der Waals surface area contributed by atoms with Crippen LogP contribution in [0.25, 0.3) is 11.3 Å². The van der Waals surface area contributed by atoms with Gasteiger partial charge in [-0.1, -0.05) is 0 Å². The molecule has 0 radical (unpaired) electrons. The fourth-order valence-corrected chi connectivity index (χ4v) is 4.18. The largest absolute Gasteiger partial charge is 0.497 e. The molecule has 1 aromatic carbocycles. The summed E-state index contributed by atoms with van der Waals surface area (Å²) in [6, 6.07) is 7.89. The van der Waals surface area contributed by atoms with E-state index in [0.29, 0.717) is 11.3 Å². The van der Waals surface area contributed by atoms with Crippen LogP contribution in [0.4, 0.5) is 0 Å². The van der Waals surface area contributed by atoms with Crippen molar-refractivity contribution in [3.8, 4) is 17.0 Å². The van der Waals surface area contributed by atoms with Crippen LogP contribution in [-0.2, 0) is 19.5 Å². The van der Waals surface area contributed by atoms with Gasteiger partial charge in [0, 0.05) is 36.1 Å². The number of methoxy groups -OCH3 is 1. The third kappa shape index (κ3) is 3.48. The molecule has 134 valence electrons. The normalized spacial score (nSPS) is 14.2. The zero-order valence-corrected chi connectivity index (χ0v) is 15.9. The molecule has 0 unspecified atom stereocenters. The Labute approximate surface area is 159 Å². The first-order valence-electron chi connectivity index (χ1n) is 8.28. The van der Waals surface area contributed by atoms with Gasteiger partial charge in [0.25, 0.3) is 5.56 Å². The van der Waals surface area contributed by atoms with Gasteiger partial charge in [0.1, 0.15) is 10.8 Å². The fourth-order valence-electron chi connectivity index (χ4n) is 3.12. The maximum Gasteiger partial charge on any atom is 0.256 e. The Balaban J connectivity index is 1.49. The van der Waals surface area contributed by atoms with Crippen LogP contribution in [0.3, 0.4) is 0 Å².